The van der Waals surface area contributed by atoms with Gasteiger partial charge in [0, 0.05) is 11.2 Å². The van der Waals surface area contributed by atoms with Crippen LogP contribution in [0.1, 0.15) is 46.9 Å². The van der Waals surface area contributed by atoms with Gasteiger partial charge >= 0.3 is 0 Å². The van der Waals surface area contributed by atoms with E-state index in [2.05, 4.69) is 44.2 Å². The van der Waals surface area contributed by atoms with Crippen LogP contribution in [0.5, 0.6) is 0 Å². The molecule has 0 aliphatic carbocycles. The summed E-state index contributed by atoms with van der Waals surface area (Å²) in [6, 6.07) is 5.73. The van der Waals surface area contributed by atoms with Crippen LogP contribution in [-0.2, 0) is 12.1 Å². The summed E-state index contributed by atoms with van der Waals surface area (Å²) in [5.74, 6) is 0.694. The number of rotatable bonds is 3. The topological polar surface area (TPSA) is 64.1 Å². The fourth-order valence-corrected chi connectivity index (χ4v) is 3.31. The maximum Gasteiger partial charge on any atom is 0.136 e. The fraction of sp³-hybridized carbons (Fsp3) is 0.562. The summed E-state index contributed by atoms with van der Waals surface area (Å²) < 4.78 is 2.15. The molecule has 0 bridgehead atoms. The highest BCUT2D eigenvalue weighted by molar-refractivity contribution is 5.80. The number of nitrogens with two attached hydrogens (primary N) is 1. The summed E-state index contributed by atoms with van der Waals surface area (Å²) in [6.07, 6.45) is 0.989. The molecule has 1 aromatic heterocycles. The Bertz CT molecular complexity index is 620. The molecule has 0 saturated heterocycles. The molecule has 4 heteroatoms. The minimum absolute atomic E-state index is 0.0673. The Labute approximate surface area is 120 Å². The zero-order valence-corrected chi connectivity index (χ0v) is 13.1. The van der Waals surface area contributed by atoms with E-state index in [0.717, 1.165) is 17.5 Å². The van der Waals surface area contributed by atoms with E-state index in [1.807, 2.05) is 18.2 Å². The van der Waals surface area contributed by atoms with Crippen LogP contribution in [0, 0.1) is 5.41 Å². The average Bonchev–Trinajstić information content (AvgIpc) is 2.63. The van der Waals surface area contributed by atoms with Crippen LogP contribution < -0.4 is 5.73 Å². The quantitative estimate of drug-likeness (QED) is 0.845. The van der Waals surface area contributed by atoms with Gasteiger partial charge in [-0.05, 0) is 43.9 Å². The normalized spacial score (nSPS) is 13.1. The number of fused-ring (bicyclic) bond motifs is 1. The van der Waals surface area contributed by atoms with E-state index in [4.69, 9.17) is 5.73 Å². The fourth-order valence-electron chi connectivity index (χ4n) is 3.31. The predicted molar refractivity (Wildman–Crippen MR) is 83.5 cm³/mol. The molecule has 0 aliphatic rings. The first kappa shape index (κ1) is 14.9. The predicted octanol–water partition coefficient (Wildman–Crippen LogP) is 3.28. The lowest BCUT2D eigenvalue weighted by atomic mass is 9.81. The molecule has 4 nitrogen and oxygen atoms in total. The lowest BCUT2D eigenvalue weighted by Crippen LogP contribution is -2.32. The molecule has 20 heavy (non-hydrogen) atoms. The van der Waals surface area contributed by atoms with E-state index in [1.54, 1.807) is 0 Å². The number of hydrogen-bond acceptors (Lipinski definition) is 3. The summed E-state index contributed by atoms with van der Waals surface area (Å²) in [5, 5.41) is 9.64. The first-order valence-electron chi connectivity index (χ1n) is 7.02. The van der Waals surface area contributed by atoms with Gasteiger partial charge in [-0.3, -0.25) is 0 Å². The molecule has 0 spiro atoms. The van der Waals surface area contributed by atoms with Crippen molar-refractivity contribution < 1.29 is 5.11 Å². The molecular weight excluding hydrogens is 250 g/mol. The minimum atomic E-state index is -0.124. The van der Waals surface area contributed by atoms with Crippen molar-refractivity contribution >= 4 is 16.7 Å². The molecule has 0 amide bonds. The van der Waals surface area contributed by atoms with Gasteiger partial charge in [-0.1, -0.05) is 20.8 Å². The van der Waals surface area contributed by atoms with E-state index in [9.17, 15) is 5.11 Å². The number of anilines is 1. The first-order chi connectivity index (χ1) is 9.14. The van der Waals surface area contributed by atoms with Gasteiger partial charge in [0.25, 0.3) is 0 Å². The van der Waals surface area contributed by atoms with Crippen molar-refractivity contribution in [1.82, 2.24) is 9.55 Å². The van der Waals surface area contributed by atoms with E-state index in [-0.39, 0.29) is 17.6 Å². The van der Waals surface area contributed by atoms with Crippen molar-refractivity contribution in [3.8, 4) is 0 Å². The maximum atomic E-state index is 9.64. The molecule has 3 N–H and O–H groups in total. The van der Waals surface area contributed by atoms with Crippen LogP contribution in [0.15, 0.2) is 18.2 Å². The monoisotopic (exact) mass is 275 g/mol. The standard InChI is InChI=1S/C16H25N3O/c1-15(2,3)10-16(4,5)19-13-7-6-11(17)8-12(13)18-14(19)9-20/h6-8,20H,9-10,17H2,1-5H3. The SMILES string of the molecule is CC(C)(C)CC(C)(C)n1c(CO)nc2cc(N)ccc21. The second kappa shape index (κ2) is 4.77. The third-order valence-corrected chi connectivity index (χ3v) is 3.46. The van der Waals surface area contributed by atoms with Gasteiger partial charge in [0.15, 0.2) is 0 Å². The van der Waals surface area contributed by atoms with Gasteiger partial charge in [-0.2, -0.15) is 0 Å². The van der Waals surface area contributed by atoms with Crippen molar-refractivity contribution in [2.75, 3.05) is 5.73 Å². The van der Waals surface area contributed by atoms with Crippen molar-refractivity contribution in [3.63, 3.8) is 0 Å². The number of aliphatic hydroxyl groups is 1. The molecule has 110 valence electrons. The first-order valence-corrected chi connectivity index (χ1v) is 7.02. The van der Waals surface area contributed by atoms with Crippen molar-refractivity contribution in [2.45, 2.75) is 53.2 Å². The van der Waals surface area contributed by atoms with Crippen LogP contribution in [0.3, 0.4) is 0 Å². The molecule has 0 saturated carbocycles. The van der Waals surface area contributed by atoms with Crippen LogP contribution >= 0.6 is 0 Å². The molecule has 0 fully saturated rings. The lowest BCUT2D eigenvalue weighted by molar-refractivity contribution is 0.196. The lowest BCUT2D eigenvalue weighted by Gasteiger charge is -2.35. The Morgan fingerprint density at radius 2 is 1.85 bits per heavy atom. The molecule has 1 aromatic carbocycles. The Morgan fingerprint density at radius 3 is 2.40 bits per heavy atom. The van der Waals surface area contributed by atoms with Crippen molar-refractivity contribution in [1.29, 1.82) is 0 Å². The van der Waals surface area contributed by atoms with E-state index in [0.29, 0.717) is 11.5 Å². The zero-order chi connectivity index (χ0) is 15.1. The molecule has 2 aromatic rings. The number of imidazole rings is 1. The average molecular weight is 275 g/mol. The largest absolute Gasteiger partial charge is 0.399 e. The molecule has 1 heterocycles. The Kier molecular flexibility index (Phi) is 3.54. The van der Waals surface area contributed by atoms with Gasteiger partial charge in [-0.15, -0.1) is 0 Å². The van der Waals surface area contributed by atoms with Crippen LogP contribution in [0.2, 0.25) is 0 Å². The van der Waals surface area contributed by atoms with E-state index >= 15 is 0 Å². The van der Waals surface area contributed by atoms with E-state index < -0.39 is 0 Å². The number of nitrogens with zero attached hydrogens (tertiary/aromatic N) is 2. The zero-order valence-electron chi connectivity index (χ0n) is 13.1. The third kappa shape index (κ3) is 2.80. The summed E-state index contributed by atoms with van der Waals surface area (Å²) in [6.45, 7) is 11.0. The van der Waals surface area contributed by atoms with Gasteiger partial charge < -0.3 is 15.4 Å². The highest BCUT2D eigenvalue weighted by Gasteiger charge is 2.30. The smallest absolute Gasteiger partial charge is 0.136 e. The van der Waals surface area contributed by atoms with Crippen molar-refractivity contribution in [3.05, 3.63) is 24.0 Å². The third-order valence-electron chi connectivity index (χ3n) is 3.46. The molecule has 2 rings (SSSR count). The summed E-state index contributed by atoms with van der Waals surface area (Å²) in [7, 11) is 0. The highest BCUT2D eigenvalue weighted by atomic mass is 16.3. The Balaban J connectivity index is 2.62. The van der Waals surface area contributed by atoms with Gasteiger partial charge in [-0.25, -0.2) is 4.98 Å². The Hall–Kier alpha value is -1.55. The Morgan fingerprint density at radius 1 is 1.20 bits per heavy atom. The summed E-state index contributed by atoms with van der Waals surface area (Å²) >= 11 is 0. The number of hydrogen-bond donors (Lipinski definition) is 2. The van der Waals surface area contributed by atoms with Crippen LogP contribution in [-0.4, -0.2) is 14.7 Å². The summed E-state index contributed by atoms with van der Waals surface area (Å²) in [5.41, 5.74) is 8.46. The van der Waals surface area contributed by atoms with Gasteiger partial charge in [0.05, 0.1) is 11.0 Å². The maximum absolute atomic E-state index is 9.64. The number of aliphatic hydroxyl groups excluding tert-OH is 1. The highest BCUT2D eigenvalue weighted by Crippen LogP contribution is 2.35. The minimum Gasteiger partial charge on any atom is -0.399 e. The van der Waals surface area contributed by atoms with Gasteiger partial charge in [0.2, 0.25) is 0 Å². The number of benzene rings is 1. The number of nitrogen functional groups attached to an aromatic ring is 1. The van der Waals surface area contributed by atoms with Crippen LogP contribution in [0.25, 0.3) is 11.0 Å². The second-order valence-electron chi connectivity index (χ2n) is 7.32. The second-order valence-corrected chi connectivity index (χ2v) is 7.32. The van der Waals surface area contributed by atoms with E-state index in [1.165, 1.54) is 0 Å². The van der Waals surface area contributed by atoms with Gasteiger partial charge in [0.1, 0.15) is 12.4 Å². The van der Waals surface area contributed by atoms with Crippen molar-refractivity contribution in [2.24, 2.45) is 5.41 Å². The molecule has 0 unspecified atom stereocenters. The van der Waals surface area contributed by atoms with Crippen LogP contribution in [0.4, 0.5) is 5.69 Å². The number of aromatic nitrogens is 2. The molecule has 0 radical (unpaired) electrons. The molecule has 0 atom stereocenters. The summed E-state index contributed by atoms with van der Waals surface area (Å²) in [4.78, 5) is 4.52. The molecular formula is C16H25N3O. The molecule has 0 aliphatic heterocycles.